The van der Waals surface area contributed by atoms with Gasteiger partial charge in [0, 0.05) is 12.7 Å². The van der Waals surface area contributed by atoms with Crippen LogP contribution in [-0.4, -0.2) is 49.4 Å². The molecule has 0 saturated carbocycles. The van der Waals surface area contributed by atoms with E-state index < -0.39 is 5.60 Å². The average molecular weight is 308 g/mol. The van der Waals surface area contributed by atoms with E-state index in [2.05, 4.69) is 20.4 Å². The number of β-amino-alcohol motifs (C(OH)–C–C–N with tert-alkyl or cyclic N) is 1. The number of carbonyl (C=O) groups is 1. The molecule has 0 spiro atoms. The molecule has 1 saturated heterocycles. The number of nitrogens with one attached hydrogen (secondary N) is 1. The van der Waals surface area contributed by atoms with E-state index in [9.17, 15) is 9.90 Å². The number of hydrogen-bond donors (Lipinski definition) is 2. The van der Waals surface area contributed by atoms with Crippen molar-refractivity contribution < 1.29 is 9.90 Å². The van der Waals surface area contributed by atoms with Crippen molar-refractivity contribution in [3.05, 3.63) is 40.9 Å². The van der Waals surface area contributed by atoms with Crippen LogP contribution in [0.4, 0.5) is 0 Å². The normalized spacial score (nSPS) is 22.3. The van der Waals surface area contributed by atoms with E-state index in [4.69, 9.17) is 11.6 Å². The molecule has 1 atom stereocenters. The third kappa shape index (κ3) is 2.74. The Morgan fingerprint density at radius 3 is 2.95 bits per heavy atom. The van der Waals surface area contributed by atoms with E-state index in [0.717, 1.165) is 0 Å². The van der Waals surface area contributed by atoms with Crippen molar-refractivity contribution >= 4 is 17.5 Å². The highest BCUT2D eigenvalue weighted by molar-refractivity contribution is 6.30. The highest BCUT2D eigenvalue weighted by Gasteiger charge is 2.39. The molecule has 3 heterocycles. The van der Waals surface area contributed by atoms with Gasteiger partial charge in [-0.2, -0.15) is 15.4 Å². The maximum absolute atomic E-state index is 12.4. The largest absolute Gasteiger partial charge is 0.382 e. The second kappa shape index (κ2) is 5.42. The Hall–Kier alpha value is -1.99. The fraction of sp³-hybridized carbons (Fsp3) is 0.385. The number of hydrogen-bond acceptors (Lipinski definition) is 5. The quantitative estimate of drug-likeness (QED) is 0.862. The summed E-state index contributed by atoms with van der Waals surface area (Å²) < 4.78 is 0. The molecule has 2 aromatic heterocycles. The summed E-state index contributed by atoms with van der Waals surface area (Å²) in [5.74, 6) is -0.228. The summed E-state index contributed by atoms with van der Waals surface area (Å²) >= 11 is 5.77. The van der Waals surface area contributed by atoms with Crippen molar-refractivity contribution in [3.8, 4) is 0 Å². The number of rotatable bonds is 2. The van der Waals surface area contributed by atoms with Crippen LogP contribution in [-0.2, 0) is 5.60 Å². The zero-order chi connectivity index (χ0) is 14.9. The van der Waals surface area contributed by atoms with E-state index in [0.29, 0.717) is 35.8 Å². The number of piperidine rings is 1. The molecule has 0 bridgehead atoms. The number of carbonyl (C=O) groups excluding carboxylic acids is 1. The SMILES string of the molecule is O=C(c1ccc(Cl)cn1)N1CCCC(O)(c2cn[nH]n2)C1. The van der Waals surface area contributed by atoms with Gasteiger partial charge in [0.05, 0.1) is 17.8 Å². The van der Waals surface area contributed by atoms with Gasteiger partial charge >= 0.3 is 0 Å². The van der Waals surface area contributed by atoms with E-state index in [1.54, 1.807) is 17.0 Å². The van der Waals surface area contributed by atoms with Crippen molar-refractivity contribution in [3.63, 3.8) is 0 Å². The topological polar surface area (TPSA) is 95.0 Å². The summed E-state index contributed by atoms with van der Waals surface area (Å²) in [4.78, 5) is 18.0. The van der Waals surface area contributed by atoms with Crippen LogP contribution in [0, 0.1) is 0 Å². The van der Waals surface area contributed by atoms with Gasteiger partial charge in [-0.05, 0) is 25.0 Å². The molecule has 1 unspecified atom stereocenters. The van der Waals surface area contributed by atoms with Gasteiger partial charge in [-0.3, -0.25) is 4.79 Å². The first-order valence-corrected chi connectivity index (χ1v) is 6.96. The Morgan fingerprint density at radius 1 is 1.43 bits per heavy atom. The lowest BCUT2D eigenvalue weighted by Crippen LogP contribution is -2.48. The average Bonchev–Trinajstić information content (AvgIpc) is 3.02. The van der Waals surface area contributed by atoms with Gasteiger partial charge in [0.2, 0.25) is 0 Å². The highest BCUT2D eigenvalue weighted by Crippen LogP contribution is 2.30. The van der Waals surface area contributed by atoms with Gasteiger partial charge in [0.1, 0.15) is 17.0 Å². The number of aromatic amines is 1. The zero-order valence-electron chi connectivity index (χ0n) is 11.2. The molecule has 2 N–H and O–H groups in total. The summed E-state index contributed by atoms with van der Waals surface area (Å²) in [6.07, 6.45) is 4.14. The van der Waals surface area contributed by atoms with Gasteiger partial charge in [-0.15, -0.1) is 0 Å². The smallest absolute Gasteiger partial charge is 0.272 e. The number of halogens is 1. The van der Waals surface area contributed by atoms with Crippen LogP contribution in [0.15, 0.2) is 24.5 Å². The molecule has 0 aliphatic carbocycles. The zero-order valence-corrected chi connectivity index (χ0v) is 11.9. The predicted molar refractivity (Wildman–Crippen MR) is 74.7 cm³/mol. The van der Waals surface area contributed by atoms with E-state index >= 15 is 0 Å². The third-order valence-corrected chi connectivity index (χ3v) is 3.82. The number of nitrogens with zero attached hydrogens (tertiary/aromatic N) is 4. The van der Waals surface area contributed by atoms with Crippen LogP contribution < -0.4 is 0 Å². The minimum absolute atomic E-state index is 0.169. The second-order valence-corrected chi connectivity index (χ2v) is 5.52. The number of H-pyrrole nitrogens is 1. The first kappa shape index (κ1) is 14.0. The molecule has 0 aromatic carbocycles. The van der Waals surface area contributed by atoms with Gasteiger partial charge in [-0.1, -0.05) is 11.6 Å². The summed E-state index contributed by atoms with van der Waals surface area (Å²) in [5, 5.41) is 21.3. The summed E-state index contributed by atoms with van der Waals surface area (Å²) in [6, 6.07) is 3.20. The van der Waals surface area contributed by atoms with Gasteiger partial charge in [0.25, 0.3) is 5.91 Å². The maximum atomic E-state index is 12.4. The minimum atomic E-state index is -1.17. The molecule has 1 amide bonds. The molecular formula is C13H14ClN5O2. The van der Waals surface area contributed by atoms with Crippen LogP contribution in [0.3, 0.4) is 0 Å². The van der Waals surface area contributed by atoms with Gasteiger partial charge in [0.15, 0.2) is 0 Å². The molecular weight excluding hydrogens is 294 g/mol. The summed E-state index contributed by atoms with van der Waals surface area (Å²) in [6.45, 7) is 0.742. The fourth-order valence-corrected chi connectivity index (χ4v) is 2.62. The first-order valence-electron chi connectivity index (χ1n) is 6.58. The lowest BCUT2D eigenvalue weighted by molar-refractivity contribution is -0.0321. The van der Waals surface area contributed by atoms with E-state index in [1.165, 1.54) is 12.4 Å². The molecule has 1 aliphatic rings. The van der Waals surface area contributed by atoms with Crippen molar-refractivity contribution in [2.24, 2.45) is 0 Å². The van der Waals surface area contributed by atoms with Gasteiger partial charge < -0.3 is 10.0 Å². The number of aliphatic hydroxyl groups is 1. The Kier molecular flexibility index (Phi) is 3.60. The second-order valence-electron chi connectivity index (χ2n) is 5.08. The molecule has 110 valence electrons. The molecule has 21 heavy (non-hydrogen) atoms. The first-order chi connectivity index (χ1) is 10.1. The third-order valence-electron chi connectivity index (χ3n) is 3.60. The summed E-state index contributed by atoms with van der Waals surface area (Å²) in [7, 11) is 0. The van der Waals surface area contributed by atoms with Crippen LogP contribution in [0.25, 0.3) is 0 Å². The molecule has 1 aliphatic heterocycles. The van der Waals surface area contributed by atoms with E-state index in [-0.39, 0.29) is 12.5 Å². The molecule has 8 heteroatoms. The highest BCUT2D eigenvalue weighted by atomic mass is 35.5. The predicted octanol–water partition coefficient (Wildman–Crippen LogP) is 0.977. The molecule has 1 fully saturated rings. The lowest BCUT2D eigenvalue weighted by Gasteiger charge is -2.37. The molecule has 7 nitrogen and oxygen atoms in total. The van der Waals surface area contributed by atoms with Crippen molar-refractivity contribution in [1.82, 2.24) is 25.3 Å². The van der Waals surface area contributed by atoms with Crippen molar-refractivity contribution in [1.29, 1.82) is 0 Å². The van der Waals surface area contributed by atoms with Crippen molar-refractivity contribution in [2.75, 3.05) is 13.1 Å². The van der Waals surface area contributed by atoms with Gasteiger partial charge in [-0.25, -0.2) is 4.98 Å². The van der Waals surface area contributed by atoms with Crippen LogP contribution >= 0.6 is 11.6 Å². The minimum Gasteiger partial charge on any atom is -0.382 e. The Labute approximate surface area is 125 Å². The number of amides is 1. The molecule has 0 radical (unpaired) electrons. The molecule has 3 rings (SSSR count). The van der Waals surface area contributed by atoms with Crippen LogP contribution in [0.1, 0.15) is 29.0 Å². The van der Waals surface area contributed by atoms with Crippen LogP contribution in [0.2, 0.25) is 5.02 Å². The Balaban J connectivity index is 1.80. The fourth-order valence-electron chi connectivity index (χ4n) is 2.51. The number of likely N-dealkylation sites (tertiary alicyclic amines) is 1. The Bertz CT molecular complexity index is 631. The summed E-state index contributed by atoms with van der Waals surface area (Å²) in [5.41, 5.74) is -0.416. The maximum Gasteiger partial charge on any atom is 0.272 e. The Morgan fingerprint density at radius 2 is 2.29 bits per heavy atom. The lowest BCUT2D eigenvalue weighted by atomic mass is 9.90. The van der Waals surface area contributed by atoms with E-state index in [1.807, 2.05) is 0 Å². The monoisotopic (exact) mass is 307 g/mol. The van der Waals surface area contributed by atoms with Crippen LogP contribution in [0.5, 0.6) is 0 Å². The number of aromatic nitrogens is 4. The molecule has 2 aromatic rings. The van der Waals surface area contributed by atoms with Crippen molar-refractivity contribution in [2.45, 2.75) is 18.4 Å². The standard InChI is InChI=1S/C13H14ClN5O2/c14-9-2-3-10(15-6-9)12(20)19-5-1-4-13(21,8-19)11-7-16-18-17-11/h2-3,6-7,21H,1,4-5,8H2,(H,16,17,18). The number of pyridine rings is 1.